The smallest absolute Gasteiger partial charge is 0.199 e. The highest BCUT2D eigenvalue weighted by molar-refractivity contribution is 7.17. The Bertz CT molecular complexity index is 2690. The summed E-state index contributed by atoms with van der Waals surface area (Å²) >= 11 is 1.90. The lowest BCUT2D eigenvalue weighted by molar-refractivity contribution is 0.332. The minimum absolute atomic E-state index is 0.0559. The molecule has 315 valence electrons. The lowest BCUT2D eigenvalue weighted by atomic mass is 9.55. The molecule has 1 radical (unpaired) electrons. The van der Waals surface area contributed by atoms with Gasteiger partial charge in [0, 0.05) is 43.9 Å². The molecule has 1 aromatic heterocycles. The fraction of sp³-hybridized carbons (Fsp3) is 0.439. The van der Waals surface area contributed by atoms with Gasteiger partial charge < -0.3 is 9.80 Å². The third-order valence-electron chi connectivity index (χ3n) is 15.1. The van der Waals surface area contributed by atoms with Crippen molar-refractivity contribution in [1.29, 1.82) is 0 Å². The number of benzene rings is 5. The molecule has 0 saturated carbocycles. The van der Waals surface area contributed by atoms with Crippen LogP contribution in [0, 0.1) is 6.92 Å². The van der Waals surface area contributed by atoms with Gasteiger partial charge in [-0.15, -0.1) is 11.3 Å². The van der Waals surface area contributed by atoms with Crippen LogP contribution in [0.5, 0.6) is 0 Å². The van der Waals surface area contributed by atoms with Crippen molar-refractivity contribution < 1.29 is 0 Å². The molecular formula is C57H68BN2S. The Morgan fingerprint density at radius 1 is 0.557 bits per heavy atom. The van der Waals surface area contributed by atoms with Crippen LogP contribution in [0.1, 0.15) is 162 Å². The number of thiophene rings is 1. The van der Waals surface area contributed by atoms with Crippen molar-refractivity contribution in [3.05, 3.63) is 129 Å². The SMILES string of the molecule is Cc1cc2c(c(N(c3ccc(C(C)(C)C)cc3)c3csc4cc5c(cc34)C(C)(C)CCC5(C)C)c1)[B]c1cc3c(cc1N2c1ccc(C(C)(C)C)cc1)C(C)(C)CCC3(C)C. The van der Waals surface area contributed by atoms with Crippen molar-refractivity contribution in [3.63, 3.8) is 0 Å². The second-order valence-corrected chi connectivity index (χ2v) is 24.5. The number of nitrogens with zero attached hydrogens (tertiary/aromatic N) is 2. The van der Waals surface area contributed by atoms with E-state index in [1.54, 1.807) is 0 Å². The van der Waals surface area contributed by atoms with E-state index in [0.717, 1.165) is 0 Å². The monoisotopic (exact) mass is 824 g/mol. The molecule has 3 aliphatic rings. The second kappa shape index (κ2) is 13.9. The van der Waals surface area contributed by atoms with Gasteiger partial charge in [-0.2, -0.15) is 0 Å². The first kappa shape index (κ1) is 42.0. The molecule has 2 aliphatic carbocycles. The molecule has 0 saturated heterocycles. The highest BCUT2D eigenvalue weighted by Crippen LogP contribution is 2.52. The third kappa shape index (κ3) is 7.08. The highest BCUT2D eigenvalue weighted by Gasteiger charge is 2.41. The van der Waals surface area contributed by atoms with E-state index in [0.29, 0.717) is 0 Å². The zero-order chi connectivity index (χ0) is 43.8. The molecule has 0 fully saturated rings. The number of aryl methyl sites for hydroxylation is 1. The number of fused-ring (bicyclic) bond motifs is 5. The van der Waals surface area contributed by atoms with Gasteiger partial charge >= 0.3 is 0 Å². The van der Waals surface area contributed by atoms with Gasteiger partial charge in [-0.1, -0.05) is 133 Å². The van der Waals surface area contributed by atoms with Gasteiger partial charge in [0.1, 0.15) is 0 Å². The molecule has 0 spiro atoms. The molecule has 2 heterocycles. The molecule has 1 aliphatic heterocycles. The Labute approximate surface area is 373 Å². The molecule has 0 atom stereocenters. The standard InChI is InChI=1S/C57H68BN2S/c1-35-28-47-51(58-45-31-42-43(56(12,13)26-25-55(42,10)11)32-46(45)59(47)38-20-16-36(17-21-38)52(2,3)4)48(29-35)60(39-22-18-37(19-23-39)53(5,6)7)49-34-61-50-33-44-41(30-40(49)50)54(8,9)24-27-57(44,14)15/h16-23,28-34H,24-27H2,1-15H3. The van der Waals surface area contributed by atoms with E-state index in [-0.39, 0.29) is 32.5 Å². The first-order valence-corrected chi connectivity index (χ1v) is 23.8. The average molecular weight is 824 g/mol. The van der Waals surface area contributed by atoms with Crippen LogP contribution in [0.2, 0.25) is 0 Å². The first-order chi connectivity index (χ1) is 28.4. The van der Waals surface area contributed by atoms with Crippen LogP contribution in [0.3, 0.4) is 0 Å². The number of anilines is 6. The third-order valence-corrected chi connectivity index (χ3v) is 16.0. The van der Waals surface area contributed by atoms with E-state index in [1.807, 2.05) is 11.3 Å². The maximum Gasteiger partial charge on any atom is 0.199 e. The van der Waals surface area contributed by atoms with Crippen molar-refractivity contribution >= 4 is 73.8 Å². The Morgan fingerprint density at radius 2 is 1.05 bits per heavy atom. The van der Waals surface area contributed by atoms with E-state index >= 15 is 0 Å². The van der Waals surface area contributed by atoms with Gasteiger partial charge in [0.25, 0.3) is 0 Å². The quantitative estimate of drug-likeness (QED) is 0.163. The summed E-state index contributed by atoms with van der Waals surface area (Å²) in [6.45, 7) is 35.7. The van der Waals surface area contributed by atoms with Crippen LogP contribution < -0.4 is 20.7 Å². The summed E-state index contributed by atoms with van der Waals surface area (Å²) in [5.41, 5.74) is 20.4. The highest BCUT2D eigenvalue weighted by atomic mass is 32.1. The molecule has 5 aromatic carbocycles. The van der Waals surface area contributed by atoms with Crippen LogP contribution in [0.25, 0.3) is 10.1 Å². The Morgan fingerprint density at radius 3 is 1.59 bits per heavy atom. The van der Waals surface area contributed by atoms with Crippen LogP contribution in [0.4, 0.5) is 34.1 Å². The number of rotatable bonds is 4. The second-order valence-electron chi connectivity index (χ2n) is 23.6. The normalized spacial score (nSPS) is 18.4. The largest absolute Gasteiger partial charge is 0.312 e. The summed E-state index contributed by atoms with van der Waals surface area (Å²) < 4.78 is 1.36. The van der Waals surface area contributed by atoms with Crippen LogP contribution in [0.15, 0.2) is 90.3 Å². The minimum atomic E-state index is 0.0559. The molecule has 61 heavy (non-hydrogen) atoms. The molecule has 0 N–H and O–H groups in total. The Balaban J connectivity index is 1.32. The van der Waals surface area contributed by atoms with Gasteiger partial charge in [0.2, 0.25) is 0 Å². The van der Waals surface area contributed by atoms with Crippen molar-refractivity contribution in [1.82, 2.24) is 0 Å². The van der Waals surface area contributed by atoms with E-state index in [2.05, 4.69) is 211 Å². The molecule has 2 nitrogen and oxygen atoms in total. The molecule has 0 unspecified atom stereocenters. The number of hydrogen-bond donors (Lipinski definition) is 0. The molecule has 9 rings (SSSR count). The predicted molar refractivity (Wildman–Crippen MR) is 269 cm³/mol. The molecular weight excluding hydrogens is 756 g/mol. The lowest BCUT2D eigenvalue weighted by Crippen LogP contribution is -2.44. The first-order valence-electron chi connectivity index (χ1n) is 22.9. The van der Waals surface area contributed by atoms with E-state index < -0.39 is 0 Å². The fourth-order valence-corrected chi connectivity index (χ4v) is 11.6. The zero-order valence-electron chi connectivity index (χ0n) is 39.9. The van der Waals surface area contributed by atoms with Crippen LogP contribution in [-0.4, -0.2) is 7.28 Å². The summed E-state index contributed by atoms with van der Waals surface area (Å²) in [4.78, 5) is 5.18. The molecule has 0 amide bonds. The van der Waals surface area contributed by atoms with Gasteiger partial charge in [-0.25, -0.2) is 0 Å². The maximum absolute atomic E-state index is 2.60. The van der Waals surface area contributed by atoms with Crippen molar-refractivity contribution in [2.24, 2.45) is 0 Å². The summed E-state index contributed by atoms with van der Waals surface area (Å²) in [5.74, 6) is 0. The van der Waals surface area contributed by atoms with Crippen molar-refractivity contribution in [3.8, 4) is 0 Å². The van der Waals surface area contributed by atoms with E-state index in [9.17, 15) is 0 Å². The maximum atomic E-state index is 2.60. The van der Waals surface area contributed by atoms with Crippen molar-refractivity contribution in [2.45, 2.75) is 162 Å². The van der Waals surface area contributed by atoms with Gasteiger partial charge in [0.15, 0.2) is 7.28 Å². The lowest BCUT2D eigenvalue weighted by Gasteiger charge is -2.44. The van der Waals surface area contributed by atoms with Crippen molar-refractivity contribution in [2.75, 3.05) is 9.80 Å². The van der Waals surface area contributed by atoms with E-state index in [1.165, 1.54) is 120 Å². The summed E-state index contributed by atoms with van der Waals surface area (Å²) in [6.07, 6.45) is 4.78. The van der Waals surface area contributed by atoms with Gasteiger partial charge in [0.05, 0.1) is 5.69 Å². The fourth-order valence-electron chi connectivity index (χ4n) is 10.6. The molecule has 6 aromatic rings. The zero-order valence-corrected chi connectivity index (χ0v) is 40.7. The van der Waals surface area contributed by atoms with Gasteiger partial charge in [-0.3, -0.25) is 0 Å². The van der Waals surface area contributed by atoms with Crippen LogP contribution in [-0.2, 0) is 32.5 Å². The molecule has 0 bridgehead atoms. The molecule has 4 heteroatoms. The van der Waals surface area contributed by atoms with Gasteiger partial charge in [-0.05, 0) is 164 Å². The van der Waals surface area contributed by atoms with E-state index in [4.69, 9.17) is 0 Å². The minimum Gasteiger partial charge on any atom is -0.312 e. The Kier molecular flexibility index (Phi) is 9.55. The average Bonchev–Trinajstić information content (AvgIpc) is 3.59. The Hall–Kier alpha value is -4.28. The van der Waals surface area contributed by atoms with Crippen LogP contribution >= 0.6 is 11.3 Å². The summed E-state index contributed by atoms with van der Waals surface area (Å²) in [6, 6.07) is 34.0. The summed E-state index contributed by atoms with van der Waals surface area (Å²) in [5, 5.41) is 3.78. The predicted octanol–water partition coefficient (Wildman–Crippen LogP) is 15.4. The number of hydrogen-bond acceptors (Lipinski definition) is 3. The summed E-state index contributed by atoms with van der Waals surface area (Å²) in [7, 11) is 2.52. The topological polar surface area (TPSA) is 6.48 Å².